The Hall–Kier alpha value is -1.80. The Morgan fingerprint density at radius 1 is 0.889 bits per heavy atom. The summed E-state index contributed by atoms with van der Waals surface area (Å²) in [6.07, 6.45) is 1.48. The third-order valence-corrected chi connectivity index (χ3v) is 3.55. The predicted molar refractivity (Wildman–Crippen MR) is 73.7 cm³/mol. The molecule has 1 aliphatic carbocycles. The van der Waals surface area contributed by atoms with E-state index < -0.39 is 5.60 Å². The van der Waals surface area contributed by atoms with Crippen molar-refractivity contribution < 1.29 is 5.11 Å². The number of hydrogen-bond donors (Lipinski definition) is 2. The lowest BCUT2D eigenvalue weighted by molar-refractivity contribution is 0.0651. The van der Waals surface area contributed by atoms with E-state index in [1.165, 1.54) is 11.1 Å². The molecule has 0 radical (unpaired) electrons. The molecular weight excluding hydrogens is 222 g/mol. The van der Waals surface area contributed by atoms with Gasteiger partial charge >= 0.3 is 0 Å². The molecule has 0 amide bonds. The molecule has 3 rings (SSSR count). The van der Waals surface area contributed by atoms with Crippen molar-refractivity contribution in [2.24, 2.45) is 0 Å². The van der Waals surface area contributed by atoms with Gasteiger partial charge in [0.25, 0.3) is 0 Å². The Balaban J connectivity index is 1.68. The number of aliphatic hydroxyl groups is 1. The first-order chi connectivity index (χ1) is 8.75. The van der Waals surface area contributed by atoms with Gasteiger partial charge in [-0.1, -0.05) is 42.5 Å². The van der Waals surface area contributed by atoms with E-state index in [4.69, 9.17) is 0 Å². The van der Waals surface area contributed by atoms with Crippen LogP contribution in [0.2, 0.25) is 0 Å². The quantitative estimate of drug-likeness (QED) is 0.863. The summed E-state index contributed by atoms with van der Waals surface area (Å²) in [5, 5.41) is 13.9. The first kappa shape index (κ1) is 11.3. The highest BCUT2D eigenvalue weighted by molar-refractivity contribution is 5.44. The number of hydrogen-bond acceptors (Lipinski definition) is 2. The average molecular weight is 239 g/mol. The Morgan fingerprint density at radius 2 is 1.44 bits per heavy atom. The molecule has 2 aromatic rings. The van der Waals surface area contributed by atoms with Gasteiger partial charge in [-0.15, -0.1) is 0 Å². The van der Waals surface area contributed by atoms with E-state index >= 15 is 0 Å². The maximum atomic E-state index is 10.6. The highest BCUT2D eigenvalue weighted by atomic mass is 16.3. The highest BCUT2D eigenvalue weighted by Crippen LogP contribution is 2.30. The van der Waals surface area contributed by atoms with Crippen molar-refractivity contribution in [1.29, 1.82) is 0 Å². The standard InChI is InChI=1S/C16H17NO/c18-16(12-17-15-8-2-1-3-9-15)10-13-6-4-5-7-14(13)11-16/h1-9,17-18H,10-12H2. The minimum absolute atomic E-state index is 0.589. The van der Waals surface area contributed by atoms with E-state index in [-0.39, 0.29) is 0 Å². The maximum Gasteiger partial charge on any atom is 0.0899 e. The average Bonchev–Trinajstić information content (AvgIpc) is 2.74. The number of para-hydroxylation sites is 1. The van der Waals surface area contributed by atoms with Crippen molar-refractivity contribution in [2.45, 2.75) is 18.4 Å². The minimum atomic E-state index is -0.653. The second-order valence-electron chi connectivity index (χ2n) is 5.07. The Bertz CT molecular complexity index is 511. The summed E-state index contributed by atoms with van der Waals surface area (Å²) in [6.45, 7) is 0.589. The van der Waals surface area contributed by atoms with Crippen molar-refractivity contribution in [1.82, 2.24) is 0 Å². The van der Waals surface area contributed by atoms with Gasteiger partial charge < -0.3 is 10.4 Å². The summed E-state index contributed by atoms with van der Waals surface area (Å²) in [7, 11) is 0. The number of benzene rings is 2. The molecule has 2 N–H and O–H groups in total. The molecule has 2 nitrogen and oxygen atoms in total. The van der Waals surface area contributed by atoms with Crippen LogP contribution in [0, 0.1) is 0 Å². The molecule has 0 fully saturated rings. The normalized spacial score (nSPS) is 16.3. The van der Waals surface area contributed by atoms with Crippen molar-refractivity contribution in [2.75, 3.05) is 11.9 Å². The van der Waals surface area contributed by atoms with Crippen LogP contribution < -0.4 is 5.32 Å². The van der Waals surface area contributed by atoms with Crippen LogP contribution in [0.15, 0.2) is 54.6 Å². The molecule has 0 heterocycles. The van der Waals surface area contributed by atoms with Gasteiger partial charge in [-0.25, -0.2) is 0 Å². The van der Waals surface area contributed by atoms with Crippen LogP contribution in [0.1, 0.15) is 11.1 Å². The maximum absolute atomic E-state index is 10.6. The summed E-state index contributed by atoms with van der Waals surface area (Å²) in [5.74, 6) is 0. The Kier molecular flexibility index (Phi) is 2.80. The Morgan fingerprint density at radius 3 is 2.06 bits per heavy atom. The van der Waals surface area contributed by atoms with E-state index in [0.29, 0.717) is 6.54 Å². The molecule has 0 spiro atoms. The lowest BCUT2D eigenvalue weighted by Crippen LogP contribution is -2.37. The van der Waals surface area contributed by atoms with Crippen LogP contribution in [-0.4, -0.2) is 17.3 Å². The van der Waals surface area contributed by atoms with E-state index in [9.17, 15) is 5.11 Å². The van der Waals surface area contributed by atoms with Crippen LogP contribution in [0.25, 0.3) is 0 Å². The van der Waals surface area contributed by atoms with E-state index in [1.807, 2.05) is 42.5 Å². The molecule has 18 heavy (non-hydrogen) atoms. The van der Waals surface area contributed by atoms with E-state index in [1.54, 1.807) is 0 Å². The molecule has 0 saturated carbocycles. The molecule has 0 saturated heterocycles. The summed E-state index contributed by atoms with van der Waals surface area (Å²) >= 11 is 0. The summed E-state index contributed by atoms with van der Waals surface area (Å²) in [4.78, 5) is 0. The predicted octanol–water partition coefficient (Wildman–Crippen LogP) is 2.63. The summed E-state index contributed by atoms with van der Waals surface area (Å²) in [5.41, 5.74) is 2.95. The number of fused-ring (bicyclic) bond motifs is 1. The van der Waals surface area contributed by atoms with Crippen molar-refractivity contribution >= 4 is 5.69 Å². The van der Waals surface area contributed by atoms with E-state index in [0.717, 1.165) is 18.5 Å². The largest absolute Gasteiger partial charge is 0.387 e. The van der Waals surface area contributed by atoms with Gasteiger partial charge in [-0.3, -0.25) is 0 Å². The molecule has 0 atom stereocenters. The topological polar surface area (TPSA) is 32.3 Å². The van der Waals surface area contributed by atoms with Crippen molar-refractivity contribution in [3.63, 3.8) is 0 Å². The lowest BCUT2D eigenvalue weighted by atomic mass is 10.0. The third-order valence-electron chi connectivity index (χ3n) is 3.55. The molecule has 2 aromatic carbocycles. The van der Waals surface area contributed by atoms with Gasteiger partial charge in [0, 0.05) is 25.1 Å². The zero-order chi connectivity index (χ0) is 12.4. The fourth-order valence-electron chi connectivity index (χ4n) is 2.62. The van der Waals surface area contributed by atoms with Crippen LogP contribution in [0.5, 0.6) is 0 Å². The molecule has 0 bridgehead atoms. The van der Waals surface area contributed by atoms with Gasteiger partial charge in [0.1, 0.15) is 0 Å². The van der Waals surface area contributed by atoms with Crippen LogP contribution in [-0.2, 0) is 12.8 Å². The summed E-state index contributed by atoms with van der Waals surface area (Å²) < 4.78 is 0. The number of rotatable bonds is 3. The molecule has 1 aliphatic rings. The monoisotopic (exact) mass is 239 g/mol. The minimum Gasteiger partial charge on any atom is -0.387 e. The molecule has 0 aliphatic heterocycles. The van der Waals surface area contributed by atoms with Crippen LogP contribution in [0.4, 0.5) is 5.69 Å². The van der Waals surface area contributed by atoms with Crippen LogP contribution >= 0.6 is 0 Å². The second-order valence-corrected chi connectivity index (χ2v) is 5.07. The first-order valence-corrected chi connectivity index (χ1v) is 6.33. The molecule has 92 valence electrons. The van der Waals surface area contributed by atoms with Crippen LogP contribution in [0.3, 0.4) is 0 Å². The smallest absolute Gasteiger partial charge is 0.0899 e. The second kappa shape index (κ2) is 4.46. The van der Waals surface area contributed by atoms with Gasteiger partial charge in [0.05, 0.1) is 5.60 Å². The first-order valence-electron chi connectivity index (χ1n) is 6.33. The zero-order valence-electron chi connectivity index (χ0n) is 10.3. The number of anilines is 1. The molecule has 0 aromatic heterocycles. The fourth-order valence-corrected chi connectivity index (χ4v) is 2.62. The molecular formula is C16H17NO. The SMILES string of the molecule is OC1(CNc2ccccc2)Cc2ccccc2C1. The molecule has 0 unspecified atom stereocenters. The fraction of sp³-hybridized carbons (Fsp3) is 0.250. The molecule has 2 heteroatoms. The summed E-state index contributed by atoms with van der Waals surface area (Å²) in [6, 6.07) is 18.3. The Labute approximate surface area is 107 Å². The van der Waals surface area contributed by atoms with Gasteiger partial charge in [0.2, 0.25) is 0 Å². The van der Waals surface area contributed by atoms with Crippen molar-refractivity contribution in [3.05, 3.63) is 65.7 Å². The highest BCUT2D eigenvalue weighted by Gasteiger charge is 2.34. The zero-order valence-corrected chi connectivity index (χ0v) is 10.3. The van der Waals surface area contributed by atoms with E-state index in [2.05, 4.69) is 17.4 Å². The van der Waals surface area contributed by atoms with Gasteiger partial charge in [-0.05, 0) is 23.3 Å². The third kappa shape index (κ3) is 2.24. The lowest BCUT2D eigenvalue weighted by Gasteiger charge is -2.23. The van der Waals surface area contributed by atoms with Gasteiger partial charge in [0.15, 0.2) is 0 Å². The van der Waals surface area contributed by atoms with Gasteiger partial charge in [-0.2, -0.15) is 0 Å². The number of nitrogens with one attached hydrogen (secondary N) is 1. The van der Waals surface area contributed by atoms with Crippen molar-refractivity contribution in [3.8, 4) is 0 Å².